The molecule has 1 aliphatic carbocycles. The van der Waals surface area contributed by atoms with Crippen LogP contribution in [0, 0.1) is 5.92 Å². The van der Waals surface area contributed by atoms with Crippen LogP contribution in [-0.4, -0.2) is 19.0 Å². The van der Waals surface area contributed by atoms with Crippen LogP contribution in [0.25, 0.3) is 0 Å². The highest BCUT2D eigenvalue weighted by atomic mass is 79.9. The molecule has 16 heavy (non-hydrogen) atoms. The Hall–Kier alpha value is -0.700. The first-order valence-corrected chi connectivity index (χ1v) is 6.51. The molecule has 0 radical (unpaired) electrons. The molecule has 1 aliphatic rings. The van der Waals surface area contributed by atoms with Gasteiger partial charge in [0.05, 0.1) is 14.2 Å². The predicted octanol–water partition coefficient (Wildman–Crippen LogP) is 3.42. The van der Waals surface area contributed by atoms with Crippen molar-refractivity contribution >= 4 is 15.9 Å². The molecule has 0 heterocycles. The summed E-state index contributed by atoms with van der Waals surface area (Å²) in [6.45, 7) is 0. The minimum Gasteiger partial charge on any atom is -0.493 e. The van der Waals surface area contributed by atoms with Crippen molar-refractivity contribution in [1.82, 2.24) is 0 Å². The number of halogens is 1. The van der Waals surface area contributed by atoms with Crippen LogP contribution in [0.15, 0.2) is 18.2 Å². The molecule has 2 rings (SSSR count). The van der Waals surface area contributed by atoms with Crippen LogP contribution < -0.4 is 9.47 Å². The Bertz CT molecular complexity index is 361. The lowest BCUT2D eigenvalue weighted by Gasteiger charge is -2.12. The maximum absolute atomic E-state index is 5.29. The van der Waals surface area contributed by atoms with Crippen molar-refractivity contribution in [3.8, 4) is 11.5 Å². The van der Waals surface area contributed by atoms with Crippen molar-refractivity contribution in [2.24, 2.45) is 5.92 Å². The Kier molecular flexibility index (Phi) is 3.74. The van der Waals surface area contributed by atoms with E-state index in [1.807, 2.05) is 6.07 Å². The van der Waals surface area contributed by atoms with Gasteiger partial charge in [-0.05, 0) is 42.9 Å². The number of alkyl halides is 1. The van der Waals surface area contributed by atoms with Crippen molar-refractivity contribution in [3.63, 3.8) is 0 Å². The SMILES string of the molecule is COc1ccc(CC(Br)C2CC2)cc1OC. The number of ether oxygens (including phenoxy) is 2. The van der Waals surface area contributed by atoms with E-state index in [-0.39, 0.29) is 0 Å². The molecule has 0 aliphatic heterocycles. The maximum Gasteiger partial charge on any atom is 0.160 e. The lowest BCUT2D eigenvalue weighted by Crippen LogP contribution is -2.05. The number of hydrogen-bond acceptors (Lipinski definition) is 2. The topological polar surface area (TPSA) is 18.5 Å². The van der Waals surface area contributed by atoms with Gasteiger partial charge in [-0.2, -0.15) is 0 Å². The summed E-state index contributed by atoms with van der Waals surface area (Å²) in [6.07, 6.45) is 3.79. The Morgan fingerprint density at radius 3 is 2.50 bits per heavy atom. The van der Waals surface area contributed by atoms with Gasteiger partial charge in [0, 0.05) is 4.83 Å². The zero-order chi connectivity index (χ0) is 11.5. The fourth-order valence-corrected chi connectivity index (χ4v) is 2.76. The molecule has 2 nitrogen and oxygen atoms in total. The van der Waals surface area contributed by atoms with Gasteiger partial charge in [-0.1, -0.05) is 22.0 Å². The second-order valence-electron chi connectivity index (χ2n) is 4.25. The van der Waals surface area contributed by atoms with Gasteiger partial charge in [-0.25, -0.2) is 0 Å². The summed E-state index contributed by atoms with van der Waals surface area (Å²) in [7, 11) is 3.34. The smallest absolute Gasteiger partial charge is 0.160 e. The summed E-state index contributed by atoms with van der Waals surface area (Å²) in [5.74, 6) is 2.48. The van der Waals surface area contributed by atoms with Crippen molar-refractivity contribution in [2.45, 2.75) is 24.1 Å². The lowest BCUT2D eigenvalue weighted by molar-refractivity contribution is 0.354. The minimum absolute atomic E-state index is 0.602. The molecule has 0 spiro atoms. The monoisotopic (exact) mass is 284 g/mol. The van der Waals surface area contributed by atoms with Crippen LogP contribution in [0.5, 0.6) is 11.5 Å². The molecule has 88 valence electrons. The Morgan fingerprint density at radius 2 is 1.94 bits per heavy atom. The van der Waals surface area contributed by atoms with Crippen LogP contribution >= 0.6 is 15.9 Å². The third-order valence-corrected chi connectivity index (χ3v) is 4.08. The van der Waals surface area contributed by atoms with Crippen LogP contribution in [0.1, 0.15) is 18.4 Å². The molecule has 0 saturated heterocycles. The summed E-state index contributed by atoms with van der Waals surface area (Å²) in [5.41, 5.74) is 1.30. The van der Waals surface area contributed by atoms with Gasteiger partial charge in [-0.15, -0.1) is 0 Å². The summed E-state index contributed by atoms with van der Waals surface area (Å²) < 4.78 is 10.5. The zero-order valence-corrected chi connectivity index (χ0v) is 11.3. The molecule has 0 amide bonds. The molecule has 3 heteroatoms. The molecule has 0 aromatic heterocycles. The third-order valence-electron chi connectivity index (χ3n) is 3.01. The van der Waals surface area contributed by atoms with E-state index in [4.69, 9.17) is 9.47 Å². The van der Waals surface area contributed by atoms with Crippen LogP contribution in [-0.2, 0) is 6.42 Å². The summed E-state index contributed by atoms with van der Waals surface area (Å²) in [5, 5.41) is 0. The first-order chi connectivity index (χ1) is 7.74. The minimum atomic E-state index is 0.602. The quantitative estimate of drug-likeness (QED) is 0.772. The van der Waals surface area contributed by atoms with E-state index in [1.54, 1.807) is 14.2 Å². The van der Waals surface area contributed by atoms with E-state index >= 15 is 0 Å². The number of rotatable bonds is 5. The Morgan fingerprint density at radius 1 is 1.25 bits per heavy atom. The first-order valence-electron chi connectivity index (χ1n) is 5.59. The normalized spacial score (nSPS) is 16.9. The molecule has 1 atom stereocenters. The molecule has 0 N–H and O–H groups in total. The number of methoxy groups -OCH3 is 2. The van der Waals surface area contributed by atoms with E-state index in [0.717, 1.165) is 23.8 Å². The highest BCUT2D eigenvalue weighted by Crippen LogP contribution is 2.39. The highest BCUT2D eigenvalue weighted by molar-refractivity contribution is 9.09. The van der Waals surface area contributed by atoms with Gasteiger partial charge in [0.15, 0.2) is 11.5 Å². The molecular weight excluding hydrogens is 268 g/mol. The van der Waals surface area contributed by atoms with E-state index in [9.17, 15) is 0 Å². The zero-order valence-electron chi connectivity index (χ0n) is 9.70. The van der Waals surface area contributed by atoms with Crippen molar-refractivity contribution in [1.29, 1.82) is 0 Å². The standard InChI is InChI=1S/C13H17BrO2/c1-15-12-6-3-9(8-13(12)16-2)7-11(14)10-4-5-10/h3,6,8,10-11H,4-5,7H2,1-2H3. The van der Waals surface area contributed by atoms with E-state index < -0.39 is 0 Å². The second kappa shape index (κ2) is 5.09. The fourth-order valence-electron chi connectivity index (χ4n) is 1.86. The van der Waals surface area contributed by atoms with Gasteiger partial charge < -0.3 is 9.47 Å². The molecule has 1 aromatic rings. The number of benzene rings is 1. The van der Waals surface area contributed by atoms with Crippen LogP contribution in [0.2, 0.25) is 0 Å². The third kappa shape index (κ3) is 2.70. The van der Waals surface area contributed by atoms with Gasteiger partial charge in [0.25, 0.3) is 0 Å². The van der Waals surface area contributed by atoms with Crippen molar-refractivity contribution < 1.29 is 9.47 Å². The van der Waals surface area contributed by atoms with Gasteiger partial charge in [-0.3, -0.25) is 0 Å². The Labute approximate surface area is 105 Å². The summed E-state index contributed by atoms with van der Waals surface area (Å²) in [4.78, 5) is 0.602. The average molecular weight is 285 g/mol. The first kappa shape index (κ1) is 11.8. The van der Waals surface area contributed by atoms with E-state index in [1.165, 1.54) is 18.4 Å². The molecule has 1 saturated carbocycles. The molecule has 1 fully saturated rings. The average Bonchev–Trinajstić information content (AvgIpc) is 3.12. The molecule has 1 aromatic carbocycles. The predicted molar refractivity (Wildman–Crippen MR) is 68.7 cm³/mol. The summed E-state index contributed by atoms with van der Waals surface area (Å²) >= 11 is 3.75. The van der Waals surface area contributed by atoms with E-state index in [0.29, 0.717) is 4.83 Å². The van der Waals surface area contributed by atoms with E-state index in [2.05, 4.69) is 28.1 Å². The Balaban J connectivity index is 2.08. The largest absolute Gasteiger partial charge is 0.493 e. The van der Waals surface area contributed by atoms with Crippen LogP contribution in [0.3, 0.4) is 0 Å². The molecule has 0 bridgehead atoms. The van der Waals surface area contributed by atoms with Crippen molar-refractivity contribution in [3.05, 3.63) is 23.8 Å². The number of hydrogen-bond donors (Lipinski definition) is 0. The summed E-state index contributed by atoms with van der Waals surface area (Å²) in [6, 6.07) is 6.15. The maximum atomic E-state index is 5.29. The fraction of sp³-hybridized carbons (Fsp3) is 0.538. The van der Waals surface area contributed by atoms with Gasteiger partial charge >= 0.3 is 0 Å². The van der Waals surface area contributed by atoms with Crippen molar-refractivity contribution in [2.75, 3.05) is 14.2 Å². The lowest BCUT2D eigenvalue weighted by atomic mass is 10.1. The van der Waals surface area contributed by atoms with Crippen LogP contribution in [0.4, 0.5) is 0 Å². The molecule has 1 unspecified atom stereocenters. The van der Waals surface area contributed by atoms with Gasteiger partial charge in [0.2, 0.25) is 0 Å². The molecular formula is C13H17BrO2. The highest BCUT2D eigenvalue weighted by Gasteiger charge is 2.29. The second-order valence-corrected chi connectivity index (χ2v) is 5.42. The van der Waals surface area contributed by atoms with Gasteiger partial charge in [0.1, 0.15) is 0 Å².